The van der Waals surface area contributed by atoms with Gasteiger partial charge < -0.3 is 19.6 Å². The molecule has 0 radical (unpaired) electrons. The van der Waals surface area contributed by atoms with E-state index < -0.39 is 0 Å². The number of rotatable bonds is 5. The average molecular weight is 361 g/mol. The molecule has 0 unspecified atom stereocenters. The van der Waals surface area contributed by atoms with Gasteiger partial charge in [0.15, 0.2) is 0 Å². The van der Waals surface area contributed by atoms with Crippen molar-refractivity contribution in [1.82, 2.24) is 14.7 Å². The summed E-state index contributed by atoms with van der Waals surface area (Å²) in [7, 11) is 1.62. The van der Waals surface area contributed by atoms with E-state index in [-0.39, 0.29) is 31.0 Å². The Bertz CT molecular complexity index is 651. The number of β-amino-alcohol motifs (C(OH)–C–C–N with tert-alkyl or cyclic N) is 1. The van der Waals surface area contributed by atoms with Crippen LogP contribution < -0.4 is 4.74 Å². The molecule has 2 aliphatic rings. The summed E-state index contributed by atoms with van der Waals surface area (Å²) in [6.07, 6.45) is 1.35. The van der Waals surface area contributed by atoms with E-state index in [2.05, 4.69) is 0 Å². The molecule has 0 bridgehead atoms. The van der Waals surface area contributed by atoms with Crippen LogP contribution in [0.1, 0.15) is 18.4 Å². The standard InChI is InChI=1S/C19H27N3O4/c1-26-17-6-2-4-15(10-17)11-21-8-9-22(14-19(21)25)18(24)13-20-7-3-5-16(23)12-20/h2,4,6,10,16,23H,3,5,7-9,11-14H2,1H3/t16-/m0/s1. The number of piperidine rings is 1. The van der Waals surface area contributed by atoms with Gasteiger partial charge in [0.25, 0.3) is 0 Å². The zero-order chi connectivity index (χ0) is 18.5. The van der Waals surface area contributed by atoms with E-state index in [0.29, 0.717) is 26.2 Å². The van der Waals surface area contributed by atoms with E-state index in [0.717, 1.165) is 30.7 Å². The highest BCUT2D eigenvalue weighted by atomic mass is 16.5. The van der Waals surface area contributed by atoms with Crippen LogP contribution in [0.15, 0.2) is 24.3 Å². The molecule has 3 rings (SSSR count). The zero-order valence-electron chi connectivity index (χ0n) is 15.3. The molecule has 0 aliphatic carbocycles. The van der Waals surface area contributed by atoms with Crippen LogP contribution >= 0.6 is 0 Å². The second-order valence-corrected chi connectivity index (χ2v) is 7.01. The molecular formula is C19H27N3O4. The average Bonchev–Trinajstić information content (AvgIpc) is 2.63. The van der Waals surface area contributed by atoms with Crippen molar-refractivity contribution in [1.29, 1.82) is 0 Å². The first-order chi connectivity index (χ1) is 12.5. The highest BCUT2D eigenvalue weighted by molar-refractivity contribution is 5.86. The number of aliphatic hydroxyl groups excluding tert-OH is 1. The van der Waals surface area contributed by atoms with Crippen molar-refractivity contribution in [2.45, 2.75) is 25.5 Å². The third-order valence-corrected chi connectivity index (χ3v) is 5.02. The lowest BCUT2D eigenvalue weighted by Crippen LogP contribution is -2.54. The molecule has 26 heavy (non-hydrogen) atoms. The first-order valence-electron chi connectivity index (χ1n) is 9.14. The minimum Gasteiger partial charge on any atom is -0.497 e. The number of carbonyl (C=O) groups is 2. The van der Waals surface area contributed by atoms with E-state index in [1.54, 1.807) is 16.9 Å². The van der Waals surface area contributed by atoms with E-state index >= 15 is 0 Å². The summed E-state index contributed by atoms with van der Waals surface area (Å²) in [6, 6.07) is 7.67. The summed E-state index contributed by atoms with van der Waals surface area (Å²) in [4.78, 5) is 30.3. The molecule has 2 fully saturated rings. The van der Waals surface area contributed by atoms with Crippen LogP contribution in [0.2, 0.25) is 0 Å². The molecule has 2 amide bonds. The number of amides is 2. The third kappa shape index (κ3) is 4.74. The lowest BCUT2D eigenvalue weighted by atomic mass is 10.1. The van der Waals surface area contributed by atoms with Gasteiger partial charge in [-0.1, -0.05) is 12.1 Å². The summed E-state index contributed by atoms with van der Waals surface area (Å²) in [5.41, 5.74) is 1.01. The van der Waals surface area contributed by atoms with Crippen LogP contribution in [0.3, 0.4) is 0 Å². The molecule has 2 saturated heterocycles. The maximum Gasteiger partial charge on any atom is 0.242 e. The van der Waals surface area contributed by atoms with Gasteiger partial charge in [-0.3, -0.25) is 14.5 Å². The third-order valence-electron chi connectivity index (χ3n) is 5.02. The fraction of sp³-hybridized carbons (Fsp3) is 0.579. The smallest absolute Gasteiger partial charge is 0.242 e. The zero-order valence-corrected chi connectivity index (χ0v) is 15.3. The van der Waals surface area contributed by atoms with Crippen molar-refractivity contribution in [2.24, 2.45) is 0 Å². The fourth-order valence-electron chi connectivity index (χ4n) is 3.55. The molecular weight excluding hydrogens is 334 g/mol. The molecule has 1 N–H and O–H groups in total. The van der Waals surface area contributed by atoms with Gasteiger partial charge in [0.1, 0.15) is 5.75 Å². The van der Waals surface area contributed by atoms with Crippen LogP contribution in [0, 0.1) is 0 Å². The van der Waals surface area contributed by atoms with Crippen molar-refractivity contribution in [3.8, 4) is 5.75 Å². The molecule has 7 nitrogen and oxygen atoms in total. The first kappa shape index (κ1) is 18.7. The molecule has 2 aliphatic heterocycles. The van der Waals surface area contributed by atoms with Crippen molar-refractivity contribution >= 4 is 11.8 Å². The largest absolute Gasteiger partial charge is 0.497 e. The predicted molar refractivity (Wildman–Crippen MR) is 96.7 cm³/mol. The topological polar surface area (TPSA) is 73.3 Å². The Kier molecular flexibility index (Phi) is 6.11. The quantitative estimate of drug-likeness (QED) is 0.818. The van der Waals surface area contributed by atoms with Gasteiger partial charge in [0, 0.05) is 26.2 Å². The minimum atomic E-state index is -0.349. The Hall–Kier alpha value is -2.12. The maximum atomic E-state index is 12.5. The molecule has 0 saturated carbocycles. The number of carbonyl (C=O) groups excluding carboxylic acids is 2. The molecule has 1 aromatic rings. The van der Waals surface area contributed by atoms with Gasteiger partial charge >= 0.3 is 0 Å². The Balaban J connectivity index is 1.51. The van der Waals surface area contributed by atoms with Crippen molar-refractivity contribution in [3.63, 3.8) is 0 Å². The normalized spacial score (nSPS) is 21.8. The lowest BCUT2D eigenvalue weighted by molar-refractivity contribution is -0.146. The van der Waals surface area contributed by atoms with Crippen molar-refractivity contribution in [2.75, 3.05) is 46.4 Å². The van der Waals surface area contributed by atoms with Crippen LogP contribution in [0.25, 0.3) is 0 Å². The van der Waals surface area contributed by atoms with Gasteiger partial charge in [0.2, 0.25) is 11.8 Å². The fourth-order valence-corrected chi connectivity index (χ4v) is 3.55. The summed E-state index contributed by atoms with van der Waals surface area (Å²) in [6.45, 7) is 3.37. The molecule has 0 aromatic heterocycles. The molecule has 2 heterocycles. The van der Waals surface area contributed by atoms with E-state index in [1.165, 1.54) is 0 Å². The first-order valence-corrected chi connectivity index (χ1v) is 9.14. The van der Waals surface area contributed by atoms with Gasteiger partial charge in [-0.15, -0.1) is 0 Å². The number of hydrogen-bond donors (Lipinski definition) is 1. The Labute approximate surface area is 154 Å². The second kappa shape index (κ2) is 8.51. The number of likely N-dealkylation sites (tertiary alicyclic amines) is 1. The number of benzene rings is 1. The highest BCUT2D eigenvalue weighted by Crippen LogP contribution is 2.16. The molecule has 0 spiro atoms. The number of ether oxygens (including phenoxy) is 1. The predicted octanol–water partition coefficient (Wildman–Crippen LogP) is 0.323. The van der Waals surface area contributed by atoms with E-state index in [1.807, 2.05) is 29.2 Å². The molecule has 7 heteroatoms. The number of hydrogen-bond acceptors (Lipinski definition) is 5. The number of aliphatic hydroxyl groups is 1. The Morgan fingerprint density at radius 2 is 2.15 bits per heavy atom. The van der Waals surface area contributed by atoms with Crippen molar-refractivity contribution < 1.29 is 19.4 Å². The summed E-state index contributed by atoms with van der Waals surface area (Å²) >= 11 is 0. The SMILES string of the molecule is COc1cccc(CN2CCN(C(=O)CN3CCC[C@H](O)C3)CC2=O)c1. The monoisotopic (exact) mass is 361 g/mol. The number of methoxy groups -OCH3 is 1. The second-order valence-electron chi connectivity index (χ2n) is 7.01. The van der Waals surface area contributed by atoms with Gasteiger partial charge in [0.05, 0.1) is 26.3 Å². The van der Waals surface area contributed by atoms with Gasteiger partial charge in [-0.05, 0) is 37.1 Å². The van der Waals surface area contributed by atoms with Crippen LogP contribution in [-0.4, -0.2) is 84.1 Å². The van der Waals surface area contributed by atoms with Gasteiger partial charge in [-0.25, -0.2) is 0 Å². The van der Waals surface area contributed by atoms with Crippen LogP contribution in [-0.2, 0) is 16.1 Å². The van der Waals surface area contributed by atoms with E-state index in [4.69, 9.17) is 4.74 Å². The minimum absolute atomic E-state index is 0.0338. The van der Waals surface area contributed by atoms with E-state index in [9.17, 15) is 14.7 Å². The van der Waals surface area contributed by atoms with Crippen LogP contribution in [0.4, 0.5) is 0 Å². The van der Waals surface area contributed by atoms with Crippen LogP contribution in [0.5, 0.6) is 5.75 Å². The Morgan fingerprint density at radius 1 is 1.31 bits per heavy atom. The Morgan fingerprint density at radius 3 is 2.88 bits per heavy atom. The molecule has 1 atom stereocenters. The number of nitrogens with zero attached hydrogens (tertiary/aromatic N) is 3. The van der Waals surface area contributed by atoms with Crippen molar-refractivity contribution in [3.05, 3.63) is 29.8 Å². The lowest BCUT2D eigenvalue weighted by Gasteiger charge is -2.36. The number of piperazine rings is 1. The summed E-state index contributed by atoms with van der Waals surface area (Å²) in [5, 5.41) is 9.72. The summed E-state index contributed by atoms with van der Waals surface area (Å²) in [5.74, 6) is 0.701. The summed E-state index contributed by atoms with van der Waals surface area (Å²) < 4.78 is 5.22. The molecule has 142 valence electrons. The van der Waals surface area contributed by atoms with Gasteiger partial charge in [-0.2, -0.15) is 0 Å². The molecule has 1 aromatic carbocycles. The highest BCUT2D eigenvalue weighted by Gasteiger charge is 2.29. The maximum absolute atomic E-state index is 12.5.